The molecule has 56 valence electrons. The second-order valence-electron chi connectivity index (χ2n) is 1.54. The van der Waals surface area contributed by atoms with E-state index >= 15 is 0 Å². The molecular weight excluding hydrogens is 136 g/mol. The molecule has 4 heteroatoms. The van der Waals surface area contributed by atoms with Gasteiger partial charge in [-0.25, -0.2) is 0 Å². The van der Waals surface area contributed by atoms with Gasteiger partial charge in [-0.05, 0) is 0 Å². The van der Waals surface area contributed by atoms with Gasteiger partial charge in [-0.3, -0.25) is 9.59 Å². The first-order valence-corrected chi connectivity index (χ1v) is 2.65. The lowest BCUT2D eigenvalue weighted by Gasteiger charge is -1.96. The molecule has 1 N–H and O–H groups in total. The molecule has 0 aliphatic carbocycles. The molecule has 0 saturated carbocycles. The average Bonchev–Trinajstić information content (AvgIpc) is 1.82. The van der Waals surface area contributed by atoms with Gasteiger partial charge in [0.2, 0.25) is 0 Å². The van der Waals surface area contributed by atoms with Crippen LogP contribution in [0.15, 0.2) is 12.7 Å². The number of carbonyl (C=O) groups excluding carboxylic acids is 1. The van der Waals surface area contributed by atoms with Crippen molar-refractivity contribution >= 4 is 11.9 Å². The minimum absolute atomic E-state index is 0.0616. The van der Waals surface area contributed by atoms with Crippen molar-refractivity contribution in [3.05, 3.63) is 12.7 Å². The predicted octanol–water partition coefficient (Wildman–Crippen LogP) is 0.190. The number of carboxylic acids is 1. The van der Waals surface area contributed by atoms with E-state index in [1.54, 1.807) is 0 Å². The molecule has 0 amide bonds. The largest absolute Gasteiger partial charge is 0.481 e. The predicted molar refractivity (Wildman–Crippen MR) is 33.4 cm³/mol. The minimum Gasteiger partial charge on any atom is -0.481 e. The summed E-state index contributed by atoms with van der Waals surface area (Å²) in [4.78, 5) is 20.2. The van der Waals surface area contributed by atoms with E-state index in [-0.39, 0.29) is 6.61 Å². The highest BCUT2D eigenvalue weighted by molar-refractivity contribution is 5.90. The number of carbonyl (C=O) groups is 2. The number of esters is 1. The molecule has 0 aliphatic rings. The van der Waals surface area contributed by atoms with Crippen molar-refractivity contribution in [3.8, 4) is 0 Å². The minimum atomic E-state index is -1.19. The molecule has 0 atom stereocenters. The molecule has 0 aromatic heterocycles. The van der Waals surface area contributed by atoms with Crippen molar-refractivity contribution in [2.45, 2.75) is 6.42 Å². The number of ether oxygens (including phenoxy) is 1. The molecule has 0 heterocycles. The Morgan fingerprint density at radius 3 is 2.60 bits per heavy atom. The van der Waals surface area contributed by atoms with E-state index in [2.05, 4.69) is 11.3 Å². The molecular formula is C6H8O4. The Balaban J connectivity index is 3.43. The summed E-state index contributed by atoms with van der Waals surface area (Å²) in [6, 6.07) is 0. The Labute approximate surface area is 58.1 Å². The monoisotopic (exact) mass is 144 g/mol. The quantitative estimate of drug-likeness (QED) is 0.347. The third-order valence-electron chi connectivity index (χ3n) is 0.658. The van der Waals surface area contributed by atoms with Crippen LogP contribution in [0.25, 0.3) is 0 Å². The van der Waals surface area contributed by atoms with Crippen molar-refractivity contribution < 1.29 is 19.4 Å². The van der Waals surface area contributed by atoms with Crippen LogP contribution in [0.2, 0.25) is 0 Å². The van der Waals surface area contributed by atoms with Crippen LogP contribution in [0.1, 0.15) is 6.42 Å². The molecule has 0 bridgehead atoms. The van der Waals surface area contributed by atoms with Crippen LogP contribution in [-0.4, -0.2) is 23.7 Å². The van der Waals surface area contributed by atoms with Gasteiger partial charge in [-0.15, -0.1) is 0 Å². The summed E-state index contributed by atoms with van der Waals surface area (Å²) in [6.07, 6.45) is 0.785. The van der Waals surface area contributed by atoms with Crippen LogP contribution in [0.4, 0.5) is 0 Å². The number of aliphatic carboxylic acids is 1. The summed E-state index contributed by atoms with van der Waals surface area (Å²) >= 11 is 0. The van der Waals surface area contributed by atoms with Gasteiger partial charge in [0.15, 0.2) is 0 Å². The van der Waals surface area contributed by atoms with Gasteiger partial charge in [0.1, 0.15) is 13.0 Å². The number of hydrogen-bond donors (Lipinski definition) is 1. The van der Waals surface area contributed by atoms with E-state index in [1.165, 1.54) is 6.08 Å². The zero-order valence-electron chi connectivity index (χ0n) is 5.37. The van der Waals surface area contributed by atoms with Gasteiger partial charge in [-0.2, -0.15) is 0 Å². The third kappa shape index (κ3) is 4.83. The first-order valence-electron chi connectivity index (χ1n) is 2.65. The van der Waals surface area contributed by atoms with E-state index in [9.17, 15) is 9.59 Å². The zero-order valence-corrected chi connectivity index (χ0v) is 5.37. The second kappa shape index (κ2) is 4.55. The lowest BCUT2D eigenvalue weighted by Crippen LogP contribution is -2.10. The van der Waals surface area contributed by atoms with E-state index in [0.717, 1.165) is 0 Å². The summed E-state index contributed by atoms with van der Waals surface area (Å²) in [6.45, 7) is 3.35. The molecule has 4 nitrogen and oxygen atoms in total. The molecule has 0 spiro atoms. The Morgan fingerprint density at radius 1 is 1.60 bits per heavy atom. The normalized spacial score (nSPS) is 8.40. The zero-order chi connectivity index (χ0) is 7.98. The Bertz CT molecular complexity index is 150. The fourth-order valence-electron chi connectivity index (χ4n) is 0.326. The molecule has 0 radical (unpaired) electrons. The first kappa shape index (κ1) is 8.68. The molecule has 0 saturated heterocycles. The van der Waals surface area contributed by atoms with E-state index < -0.39 is 18.4 Å². The van der Waals surface area contributed by atoms with Crippen molar-refractivity contribution in [1.82, 2.24) is 0 Å². The Hall–Kier alpha value is -1.32. The highest BCUT2D eigenvalue weighted by Crippen LogP contribution is 1.85. The smallest absolute Gasteiger partial charge is 0.317 e. The lowest BCUT2D eigenvalue weighted by molar-refractivity contribution is -0.150. The SMILES string of the molecule is C=CCOC(=O)CC(=O)O. The fraction of sp³-hybridized carbons (Fsp3) is 0.333. The van der Waals surface area contributed by atoms with Crippen LogP contribution in [0.5, 0.6) is 0 Å². The van der Waals surface area contributed by atoms with Crippen molar-refractivity contribution in [3.63, 3.8) is 0 Å². The lowest BCUT2D eigenvalue weighted by atomic mass is 10.4. The standard InChI is InChI=1S/C6H8O4/c1-2-3-10-6(9)4-5(7)8/h2H,1,3-4H2,(H,7,8). The maximum absolute atomic E-state index is 10.4. The summed E-state index contributed by atoms with van der Waals surface area (Å²) in [7, 11) is 0. The maximum Gasteiger partial charge on any atom is 0.317 e. The van der Waals surface area contributed by atoms with Crippen LogP contribution in [0.3, 0.4) is 0 Å². The summed E-state index contributed by atoms with van der Waals surface area (Å²) in [5, 5.41) is 8.06. The molecule has 0 fully saturated rings. The van der Waals surface area contributed by atoms with Crippen LogP contribution >= 0.6 is 0 Å². The average molecular weight is 144 g/mol. The van der Waals surface area contributed by atoms with Gasteiger partial charge in [-0.1, -0.05) is 12.7 Å². The van der Waals surface area contributed by atoms with Crippen LogP contribution in [0, 0.1) is 0 Å². The van der Waals surface area contributed by atoms with Gasteiger partial charge in [0.25, 0.3) is 0 Å². The van der Waals surface area contributed by atoms with Crippen LogP contribution < -0.4 is 0 Å². The molecule has 0 aliphatic heterocycles. The maximum atomic E-state index is 10.4. The van der Waals surface area contributed by atoms with E-state index in [0.29, 0.717) is 0 Å². The Morgan fingerprint density at radius 2 is 2.20 bits per heavy atom. The van der Waals surface area contributed by atoms with E-state index in [1.807, 2.05) is 0 Å². The fourth-order valence-corrected chi connectivity index (χ4v) is 0.326. The summed E-state index contributed by atoms with van der Waals surface area (Å²) in [5.41, 5.74) is 0. The molecule has 10 heavy (non-hydrogen) atoms. The molecule has 0 aromatic carbocycles. The summed E-state index contributed by atoms with van der Waals surface area (Å²) < 4.78 is 4.36. The third-order valence-corrected chi connectivity index (χ3v) is 0.658. The first-order chi connectivity index (χ1) is 4.66. The highest BCUT2D eigenvalue weighted by Gasteiger charge is 2.06. The number of carboxylic acid groups (broad SMARTS) is 1. The van der Waals surface area contributed by atoms with Gasteiger partial charge in [0.05, 0.1) is 0 Å². The van der Waals surface area contributed by atoms with Crippen molar-refractivity contribution in [1.29, 1.82) is 0 Å². The summed E-state index contributed by atoms with van der Waals surface area (Å²) in [5.74, 6) is -1.93. The Kier molecular flexibility index (Phi) is 3.95. The molecule has 0 aromatic rings. The molecule has 0 unspecified atom stereocenters. The number of hydrogen-bond acceptors (Lipinski definition) is 3. The van der Waals surface area contributed by atoms with Crippen LogP contribution in [-0.2, 0) is 14.3 Å². The second-order valence-corrected chi connectivity index (χ2v) is 1.54. The molecule has 0 rings (SSSR count). The van der Waals surface area contributed by atoms with Gasteiger partial charge in [0, 0.05) is 0 Å². The van der Waals surface area contributed by atoms with Gasteiger partial charge >= 0.3 is 11.9 Å². The van der Waals surface area contributed by atoms with Gasteiger partial charge < -0.3 is 9.84 Å². The van der Waals surface area contributed by atoms with Crippen molar-refractivity contribution in [2.75, 3.05) is 6.61 Å². The number of rotatable bonds is 4. The van der Waals surface area contributed by atoms with Crippen molar-refractivity contribution in [2.24, 2.45) is 0 Å². The highest BCUT2D eigenvalue weighted by atomic mass is 16.5. The topological polar surface area (TPSA) is 63.6 Å². The van der Waals surface area contributed by atoms with E-state index in [4.69, 9.17) is 5.11 Å².